The maximum Gasteiger partial charge on any atom is 0.417 e. The van der Waals surface area contributed by atoms with Gasteiger partial charge >= 0.3 is 6.18 Å². The third kappa shape index (κ3) is 5.17. The van der Waals surface area contributed by atoms with E-state index in [-0.39, 0.29) is 22.9 Å². The highest BCUT2D eigenvalue weighted by molar-refractivity contribution is 7.80. The molecule has 0 aliphatic rings. The largest absolute Gasteiger partial charge is 0.493 e. The van der Waals surface area contributed by atoms with Gasteiger partial charge in [-0.2, -0.15) is 13.2 Å². The second-order valence-corrected chi connectivity index (χ2v) is 5.57. The molecule has 0 aromatic heterocycles. The van der Waals surface area contributed by atoms with Crippen molar-refractivity contribution >= 4 is 17.2 Å². The number of halogens is 3. The van der Waals surface area contributed by atoms with Crippen LogP contribution in [0, 0.1) is 0 Å². The van der Waals surface area contributed by atoms with Crippen LogP contribution in [0.1, 0.15) is 31.4 Å². The molecule has 1 rings (SSSR count). The van der Waals surface area contributed by atoms with E-state index in [2.05, 4.69) is 12.2 Å². The molecule has 3 nitrogen and oxygen atoms in total. The van der Waals surface area contributed by atoms with Crippen LogP contribution in [0.25, 0.3) is 0 Å². The first-order chi connectivity index (χ1) is 9.57. The molecule has 0 bridgehead atoms. The molecule has 0 aliphatic carbocycles. The molecule has 0 heterocycles. The summed E-state index contributed by atoms with van der Waals surface area (Å²) in [6, 6.07) is 3.56. The van der Waals surface area contributed by atoms with Gasteiger partial charge in [-0.1, -0.05) is 12.2 Å². The Morgan fingerprint density at radius 2 is 1.90 bits per heavy atom. The van der Waals surface area contributed by atoms with Crippen molar-refractivity contribution in [1.82, 2.24) is 0 Å². The second-order valence-electron chi connectivity index (χ2n) is 5.13. The zero-order valence-corrected chi connectivity index (χ0v) is 12.9. The fraction of sp³-hybridized carbons (Fsp3) is 0.500. The van der Waals surface area contributed by atoms with Gasteiger partial charge in [-0.15, -0.1) is 0 Å². The molecule has 2 N–H and O–H groups in total. The van der Waals surface area contributed by atoms with E-state index in [1.165, 1.54) is 12.1 Å². The Bertz CT molecular complexity index is 515. The van der Waals surface area contributed by atoms with E-state index in [0.717, 1.165) is 6.07 Å². The summed E-state index contributed by atoms with van der Waals surface area (Å²) in [5.74, 6) is 0.120. The fourth-order valence-electron chi connectivity index (χ4n) is 1.58. The number of thiocarbonyl (C=S) groups is 1. The monoisotopic (exact) mass is 321 g/mol. The van der Waals surface area contributed by atoms with Crippen molar-refractivity contribution in [3.8, 4) is 5.75 Å². The number of benzene rings is 1. The molecule has 7 heteroatoms. The van der Waals surface area contributed by atoms with E-state index in [4.69, 9.17) is 15.2 Å². The molecule has 0 spiro atoms. The average Bonchev–Trinajstić information content (AvgIpc) is 2.37. The van der Waals surface area contributed by atoms with Crippen LogP contribution in [0.4, 0.5) is 13.2 Å². The number of nitrogens with two attached hydrogens (primary N) is 1. The summed E-state index contributed by atoms with van der Waals surface area (Å²) in [5.41, 5.74) is 3.82. The highest BCUT2D eigenvalue weighted by atomic mass is 32.1. The third-order valence-corrected chi connectivity index (χ3v) is 3.31. The van der Waals surface area contributed by atoms with E-state index in [0.29, 0.717) is 6.42 Å². The standard InChI is InChI=1S/C14H18F3NO2S/c1-13(2,19-3)6-7-20-9-4-5-10(12(18)21)11(8-9)14(15,16)17/h4-5,8H,6-7H2,1-3H3,(H2,18,21). The van der Waals surface area contributed by atoms with Crippen LogP contribution in [0.2, 0.25) is 0 Å². The topological polar surface area (TPSA) is 44.5 Å². The minimum atomic E-state index is -4.54. The van der Waals surface area contributed by atoms with Crippen molar-refractivity contribution in [3.63, 3.8) is 0 Å². The Morgan fingerprint density at radius 1 is 1.29 bits per heavy atom. The first-order valence-corrected chi connectivity index (χ1v) is 6.66. The minimum Gasteiger partial charge on any atom is -0.493 e. The minimum absolute atomic E-state index is 0.120. The molecule has 1 aromatic carbocycles. The summed E-state index contributed by atoms with van der Waals surface area (Å²) in [7, 11) is 1.57. The van der Waals surface area contributed by atoms with Gasteiger partial charge in [-0.05, 0) is 32.0 Å². The summed E-state index contributed by atoms with van der Waals surface area (Å²) in [5, 5.41) is 0. The summed E-state index contributed by atoms with van der Waals surface area (Å²) < 4.78 is 49.5. The van der Waals surface area contributed by atoms with Crippen LogP contribution < -0.4 is 10.5 Å². The first-order valence-electron chi connectivity index (χ1n) is 6.26. The summed E-state index contributed by atoms with van der Waals surface area (Å²) in [6.45, 7) is 3.98. The molecular weight excluding hydrogens is 303 g/mol. The second kappa shape index (κ2) is 6.62. The van der Waals surface area contributed by atoms with E-state index in [1.807, 2.05) is 13.8 Å². The molecular formula is C14H18F3NO2S. The van der Waals surface area contributed by atoms with Gasteiger partial charge in [0.1, 0.15) is 10.7 Å². The van der Waals surface area contributed by atoms with Gasteiger partial charge in [0.15, 0.2) is 0 Å². The molecule has 0 radical (unpaired) electrons. The van der Waals surface area contributed by atoms with Crippen molar-refractivity contribution in [2.75, 3.05) is 13.7 Å². The Balaban J connectivity index is 2.89. The number of hydrogen-bond acceptors (Lipinski definition) is 3. The predicted octanol–water partition coefficient (Wildman–Crippen LogP) is 3.53. The molecule has 0 fully saturated rings. The predicted molar refractivity (Wildman–Crippen MR) is 78.5 cm³/mol. The van der Waals surface area contributed by atoms with Crippen molar-refractivity contribution < 1.29 is 22.6 Å². The van der Waals surface area contributed by atoms with Gasteiger partial charge < -0.3 is 15.2 Å². The number of alkyl halides is 3. The van der Waals surface area contributed by atoms with Crippen LogP contribution >= 0.6 is 12.2 Å². The zero-order valence-electron chi connectivity index (χ0n) is 12.1. The summed E-state index contributed by atoms with van der Waals surface area (Å²) >= 11 is 4.63. The normalized spacial score (nSPS) is 12.3. The van der Waals surface area contributed by atoms with Gasteiger partial charge in [-0.25, -0.2) is 0 Å². The van der Waals surface area contributed by atoms with Gasteiger partial charge in [0.2, 0.25) is 0 Å². The molecule has 1 aromatic rings. The maximum atomic E-state index is 13.0. The van der Waals surface area contributed by atoms with E-state index in [1.54, 1.807) is 7.11 Å². The van der Waals surface area contributed by atoms with Crippen molar-refractivity contribution in [1.29, 1.82) is 0 Å². The first kappa shape index (κ1) is 17.7. The van der Waals surface area contributed by atoms with Gasteiger partial charge in [-0.3, -0.25) is 0 Å². The number of hydrogen-bond donors (Lipinski definition) is 1. The average molecular weight is 321 g/mol. The quantitative estimate of drug-likeness (QED) is 0.814. The van der Waals surface area contributed by atoms with Crippen LogP contribution in [-0.2, 0) is 10.9 Å². The van der Waals surface area contributed by atoms with Crippen molar-refractivity contribution in [3.05, 3.63) is 29.3 Å². The van der Waals surface area contributed by atoms with Crippen LogP contribution in [0.3, 0.4) is 0 Å². The highest BCUT2D eigenvalue weighted by Gasteiger charge is 2.34. The number of rotatable bonds is 6. The summed E-state index contributed by atoms with van der Waals surface area (Å²) in [6.07, 6.45) is -3.99. The Hall–Kier alpha value is -1.34. The van der Waals surface area contributed by atoms with Crippen molar-refractivity contribution in [2.24, 2.45) is 5.73 Å². The van der Waals surface area contributed by atoms with E-state index in [9.17, 15) is 13.2 Å². The lowest BCUT2D eigenvalue weighted by Crippen LogP contribution is -2.25. The van der Waals surface area contributed by atoms with Gasteiger partial charge in [0, 0.05) is 19.1 Å². The zero-order chi connectivity index (χ0) is 16.3. The number of ether oxygens (including phenoxy) is 2. The molecule has 0 saturated carbocycles. The molecule has 118 valence electrons. The lowest BCUT2D eigenvalue weighted by molar-refractivity contribution is -0.137. The smallest absolute Gasteiger partial charge is 0.417 e. The van der Waals surface area contributed by atoms with E-state index >= 15 is 0 Å². The van der Waals surface area contributed by atoms with E-state index < -0.39 is 17.3 Å². The molecule has 0 aliphatic heterocycles. The molecule has 21 heavy (non-hydrogen) atoms. The molecule has 0 saturated heterocycles. The lowest BCUT2D eigenvalue weighted by atomic mass is 10.1. The maximum absolute atomic E-state index is 13.0. The molecule has 0 atom stereocenters. The SMILES string of the molecule is COC(C)(C)CCOc1ccc(C(N)=S)c(C(F)(F)F)c1. The fourth-order valence-corrected chi connectivity index (χ4v) is 1.76. The Kier molecular flexibility index (Phi) is 5.58. The van der Waals surface area contributed by atoms with Crippen LogP contribution in [-0.4, -0.2) is 24.3 Å². The van der Waals surface area contributed by atoms with Crippen LogP contribution in [0.15, 0.2) is 18.2 Å². The Morgan fingerprint density at radius 3 is 2.38 bits per heavy atom. The van der Waals surface area contributed by atoms with Gasteiger partial charge in [0.25, 0.3) is 0 Å². The van der Waals surface area contributed by atoms with Gasteiger partial charge in [0.05, 0.1) is 17.8 Å². The lowest BCUT2D eigenvalue weighted by Gasteiger charge is -2.23. The Labute approximate surface area is 127 Å². The number of methoxy groups -OCH3 is 1. The highest BCUT2D eigenvalue weighted by Crippen LogP contribution is 2.34. The van der Waals surface area contributed by atoms with Crippen molar-refractivity contribution in [2.45, 2.75) is 32.0 Å². The molecule has 0 unspecified atom stereocenters. The third-order valence-electron chi connectivity index (χ3n) is 3.09. The molecule has 0 amide bonds. The summed E-state index contributed by atoms with van der Waals surface area (Å²) in [4.78, 5) is -0.297. The van der Waals surface area contributed by atoms with Crippen LogP contribution in [0.5, 0.6) is 5.75 Å².